The molecule has 0 amide bonds. The molecular formula is C22H18N8O2S3. The van der Waals surface area contributed by atoms with Crippen molar-refractivity contribution < 1.29 is 8.42 Å². The first-order valence-corrected chi connectivity index (χ1v) is 13.7. The zero-order valence-corrected chi connectivity index (χ0v) is 21.0. The Bertz CT molecular complexity index is 1630. The van der Waals surface area contributed by atoms with Gasteiger partial charge in [0.1, 0.15) is 5.69 Å². The molecule has 35 heavy (non-hydrogen) atoms. The minimum absolute atomic E-state index is 0.115. The van der Waals surface area contributed by atoms with Crippen molar-refractivity contribution in [1.82, 2.24) is 23.9 Å². The van der Waals surface area contributed by atoms with Crippen molar-refractivity contribution in [2.75, 3.05) is 11.0 Å². The van der Waals surface area contributed by atoms with Crippen LogP contribution in [0.25, 0.3) is 22.3 Å². The second-order valence-electron chi connectivity index (χ2n) is 7.23. The molecule has 3 heterocycles. The maximum Gasteiger partial charge on any atom is 0.264 e. The Hall–Kier alpha value is -3.68. The summed E-state index contributed by atoms with van der Waals surface area (Å²) in [6.45, 7) is 0. The number of azo groups is 1. The van der Waals surface area contributed by atoms with E-state index in [1.54, 1.807) is 36.0 Å². The number of imidazole rings is 1. The molecule has 10 nitrogen and oxygen atoms in total. The van der Waals surface area contributed by atoms with Crippen LogP contribution in [-0.2, 0) is 17.1 Å². The van der Waals surface area contributed by atoms with Crippen LogP contribution < -0.4 is 4.72 Å². The number of thioether (sulfide) groups is 1. The highest BCUT2D eigenvalue weighted by molar-refractivity contribution is 7.98. The highest BCUT2D eigenvalue weighted by atomic mass is 32.2. The zero-order chi connectivity index (χ0) is 24.4. The van der Waals surface area contributed by atoms with Crippen molar-refractivity contribution in [3.8, 4) is 11.3 Å². The molecule has 5 aromatic rings. The predicted molar refractivity (Wildman–Crippen MR) is 137 cm³/mol. The summed E-state index contributed by atoms with van der Waals surface area (Å²) in [7, 11) is -2.17. The van der Waals surface area contributed by atoms with Gasteiger partial charge in [0.25, 0.3) is 10.0 Å². The molecule has 0 saturated carbocycles. The molecule has 0 radical (unpaired) electrons. The molecule has 0 aliphatic rings. The fourth-order valence-corrected chi connectivity index (χ4v) is 5.26. The van der Waals surface area contributed by atoms with Crippen molar-refractivity contribution >= 4 is 61.1 Å². The van der Waals surface area contributed by atoms with E-state index in [1.807, 2.05) is 36.6 Å². The Morgan fingerprint density at radius 2 is 1.71 bits per heavy atom. The van der Waals surface area contributed by atoms with E-state index in [0.717, 1.165) is 17.1 Å². The molecule has 1 N–H and O–H groups in total. The van der Waals surface area contributed by atoms with Gasteiger partial charge in [0.15, 0.2) is 21.6 Å². The highest BCUT2D eigenvalue weighted by Gasteiger charge is 2.22. The second-order valence-corrected chi connectivity index (χ2v) is 10.4. The van der Waals surface area contributed by atoms with Crippen LogP contribution in [0.15, 0.2) is 87.1 Å². The molecular weight excluding hydrogens is 504 g/mol. The molecule has 3 aromatic heterocycles. The molecule has 2 aromatic carbocycles. The Balaban J connectivity index is 1.57. The standard InChI is InChI=1S/C22H18N8O2S3/c1-30-19(26-27-20-16-13-23-22(33-2)25-18(16)28-34-20)17(14-9-5-3-6-10-14)24-21(30)29-35(31,32)15-11-7-4-8-12-15/h3-13H,1-2H3,(H,24,29). The van der Waals surface area contributed by atoms with Gasteiger partial charge in [-0.2, -0.15) is 4.37 Å². The van der Waals surface area contributed by atoms with Crippen LogP contribution in [0.5, 0.6) is 0 Å². The smallest absolute Gasteiger partial charge is 0.264 e. The lowest BCUT2D eigenvalue weighted by Crippen LogP contribution is -2.15. The van der Waals surface area contributed by atoms with E-state index < -0.39 is 10.0 Å². The van der Waals surface area contributed by atoms with Gasteiger partial charge in [0.05, 0.1) is 10.3 Å². The molecule has 176 valence electrons. The average Bonchev–Trinajstić information content (AvgIpc) is 3.43. The van der Waals surface area contributed by atoms with Gasteiger partial charge in [0.2, 0.25) is 5.95 Å². The Morgan fingerprint density at radius 3 is 2.43 bits per heavy atom. The third-order valence-electron chi connectivity index (χ3n) is 5.00. The third kappa shape index (κ3) is 4.65. The minimum Gasteiger partial charge on any atom is -0.296 e. The Kier molecular flexibility index (Phi) is 6.28. The largest absolute Gasteiger partial charge is 0.296 e. The first-order valence-electron chi connectivity index (χ1n) is 10.2. The molecule has 5 rings (SSSR count). The minimum atomic E-state index is -3.85. The normalized spacial score (nSPS) is 11.9. The first kappa shape index (κ1) is 23.1. The first-order chi connectivity index (χ1) is 17.0. The van der Waals surface area contributed by atoms with Gasteiger partial charge in [-0.1, -0.05) is 60.3 Å². The average molecular weight is 523 g/mol. The summed E-state index contributed by atoms with van der Waals surface area (Å²) >= 11 is 2.59. The van der Waals surface area contributed by atoms with Crippen LogP contribution in [0.3, 0.4) is 0 Å². The van der Waals surface area contributed by atoms with Crippen molar-refractivity contribution in [3.05, 3.63) is 66.9 Å². The summed E-state index contributed by atoms with van der Waals surface area (Å²) in [5, 5.41) is 10.7. The van der Waals surface area contributed by atoms with Crippen LogP contribution in [0.2, 0.25) is 0 Å². The number of anilines is 1. The van der Waals surface area contributed by atoms with Crippen LogP contribution in [0.1, 0.15) is 0 Å². The van der Waals surface area contributed by atoms with Gasteiger partial charge >= 0.3 is 0 Å². The summed E-state index contributed by atoms with van der Waals surface area (Å²) in [5.41, 5.74) is 1.80. The lowest BCUT2D eigenvalue weighted by Gasteiger charge is -2.07. The van der Waals surface area contributed by atoms with Crippen molar-refractivity contribution in [3.63, 3.8) is 0 Å². The van der Waals surface area contributed by atoms with Gasteiger partial charge in [-0.15, -0.1) is 10.2 Å². The zero-order valence-electron chi connectivity index (χ0n) is 18.5. The Morgan fingerprint density at radius 1 is 1.00 bits per heavy atom. The highest BCUT2D eigenvalue weighted by Crippen LogP contribution is 2.36. The van der Waals surface area contributed by atoms with Crippen molar-refractivity contribution in [2.45, 2.75) is 10.1 Å². The SMILES string of the molecule is CSc1ncc2c(N=Nc3c(-c4ccccc4)nc(NS(=O)(=O)c4ccccc4)n3C)snc2n1. The number of hydrogen-bond donors (Lipinski definition) is 1. The van der Waals surface area contributed by atoms with Gasteiger partial charge in [-0.3, -0.25) is 4.57 Å². The molecule has 0 saturated heterocycles. The van der Waals surface area contributed by atoms with Crippen LogP contribution in [0.4, 0.5) is 16.8 Å². The van der Waals surface area contributed by atoms with Crippen molar-refractivity contribution in [2.24, 2.45) is 17.3 Å². The van der Waals surface area contributed by atoms with E-state index in [4.69, 9.17) is 0 Å². The molecule has 0 aliphatic heterocycles. The summed E-state index contributed by atoms with van der Waals surface area (Å²) in [6, 6.07) is 17.5. The number of hydrogen-bond acceptors (Lipinski definition) is 10. The summed E-state index contributed by atoms with van der Waals surface area (Å²) in [5.74, 6) is 0.494. The van der Waals surface area contributed by atoms with E-state index in [1.165, 1.54) is 23.9 Å². The number of aromatic nitrogens is 5. The third-order valence-corrected chi connectivity index (χ3v) is 7.65. The number of benzene rings is 2. The lowest BCUT2D eigenvalue weighted by atomic mass is 10.1. The quantitative estimate of drug-likeness (QED) is 0.172. The fraction of sp³-hybridized carbons (Fsp3) is 0.0909. The van der Waals surface area contributed by atoms with Gasteiger partial charge in [0, 0.05) is 18.8 Å². The monoisotopic (exact) mass is 522 g/mol. The second kappa shape index (κ2) is 9.52. The molecule has 0 unspecified atom stereocenters. The molecule has 0 fully saturated rings. The number of fused-ring (bicyclic) bond motifs is 1. The van der Waals surface area contributed by atoms with Gasteiger partial charge in [-0.05, 0) is 29.9 Å². The summed E-state index contributed by atoms with van der Waals surface area (Å²) in [4.78, 5) is 13.4. The van der Waals surface area contributed by atoms with Crippen LogP contribution in [0, 0.1) is 0 Å². The van der Waals surface area contributed by atoms with Crippen LogP contribution >= 0.6 is 23.3 Å². The maximum absolute atomic E-state index is 12.9. The van der Waals surface area contributed by atoms with E-state index in [0.29, 0.717) is 32.7 Å². The summed E-state index contributed by atoms with van der Waals surface area (Å²) < 4.78 is 34.3. The van der Waals surface area contributed by atoms with Crippen molar-refractivity contribution in [1.29, 1.82) is 0 Å². The summed E-state index contributed by atoms with van der Waals surface area (Å²) in [6.07, 6.45) is 3.57. The van der Waals surface area contributed by atoms with E-state index in [-0.39, 0.29) is 10.8 Å². The van der Waals surface area contributed by atoms with Crippen LogP contribution in [-0.4, -0.2) is 38.6 Å². The molecule has 0 bridgehead atoms. The predicted octanol–water partition coefficient (Wildman–Crippen LogP) is 5.42. The molecule has 0 spiro atoms. The maximum atomic E-state index is 12.9. The lowest BCUT2D eigenvalue weighted by molar-refractivity contribution is 0.600. The number of nitrogens with zero attached hydrogens (tertiary/aromatic N) is 7. The molecule has 0 aliphatic carbocycles. The topological polar surface area (TPSA) is 127 Å². The molecule has 0 atom stereocenters. The molecule has 13 heteroatoms. The van der Waals surface area contributed by atoms with Gasteiger partial charge in [-0.25, -0.2) is 28.1 Å². The van der Waals surface area contributed by atoms with E-state index in [2.05, 4.69) is 34.3 Å². The Labute approximate surface area is 209 Å². The fourth-order valence-electron chi connectivity index (χ4n) is 3.24. The van der Waals surface area contributed by atoms with Gasteiger partial charge < -0.3 is 0 Å². The number of rotatable bonds is 7. The number of sulfonamides is 1. The van der Waals surface area contributed by atoms with E-state index in [9.17, 15) is 8.42 Å². The van der Waals surface area contributed by atoms with E-state index >= 15 is 0 Å². The number of nitrogens with one attached hydrogen (secondary N) is 1.